The maximum Gasteiger partial charge on any atom is 0.230 e. The van der Waals surface area contributed by atoms with Gasteiger partial charge in [-0.3, -0.25) is 4.79 Å². The van der Waals surface area contributed by atoms with Crippen molar-refractivity contribution in [2.24, 2.45) is 0 Å². The van der Waals surface area contributed by atoms with Crippen LogP contribution in [0.4, 0.5) is 0 Å². The largest absolute Gasteiger partial charge is 0.493 e. The lowest BCUT2D eigenvalue weighted by Crippen LogP contribution is -2.27. The number of methoxy groups -OCH3 is 2. The van der Waals surface area contributed by atoms with Crippen molar-refractivity contribution in [3.05, 3.63) is 46.6 Å². The number of pyridine rings is 1. The predicted octanol–water partition coefficient (Wildman–Crippen LogP) is 3.31. The fourth-order valence-corrected chi connectivity index (χ4v) is 3.26. The van der Waals surface area contributed by atoms with Gasteiger partial charge in [0.2, 0.25) is 5.91 Å². The zero-order chi connectivity index (χ0) is 17.4. The summed E-state index contributed by atoms with van der Waals surface area (Å²) in [5.41, 5.74) is 1.05. The molecule has 0 aliphatic carbocycles. The topological polar surface area (TPSA) is 60.5 Å². The molecular formula is C17H19BrN2O3S. The maximum absolute atomic E-state index is 11.9. The Kier molecular flexibility index (Phi) is 7.39. The lowest BCUT2D eigenvalue weighted by Gasteiger charge is -2.12. The average Bonchev–Trinajstić information content (AvgIpc) is 2.61. The van der Waals surface area contributed by atoms with Crippen LogP contribution in [0.3, 0.4) is 0 Å². The number of hydrogen-bond acceptors (Lipinski definition) is 5. The van der Waals surface area contributed by atoms with Gasteiger partial charge in [0.05, 0.1) is 25.0 Å². The van der Waals surface area contributed by atoms with Crippen molar-refractivity contribution in [3.8, 4) is 11.5 Å². The molecular weight excluding hydrogens is 392 g/mol. The number of nitrogens with zero attached hydrogens (tertiary/aromatic N) is 1. The first kappa shape index (κ1) is 18.6. The Hall–Kier alpha value is -1.73. The number of thioether (sulfide) groups is 1. The average molecular weight is 411 g/mol. The van der Waals surface area contributed by atoms with Crippen molar-refractivity contribution in [1.29, 1.82) is 0 Å². The second kappa shape index (κ2) is 9.54. The van der Waals surface area contributed by atoms with Gasteiger partial charge < -0.3 is 14.8 Å². The van der Waals surface area contributed by atoms with Crippen LogP contribution in [0.25, 0.3) is 0 Å². The lowest BCUT2D eigenvalue weighted by atomic mass is 10.1. The lowest BCUT2D eigenvalue weighted by molar-refractivity contribution is -0.118. The van der Waals surface area contributed by atoms with Gasteiger partial charge in [-0.15, -0.1) is 0 Å². The van der Waals surface area contributed by atoms with E-state index in [1.807, 2.05) is 30.3 Å². The summed E-state index contributed by atoms with van der Waals surface area (Å²) in [5.74, 6) is 1.68. The summed E-state index contributed by atoms with van der Waals surface area (Å²) in [4.78, 5) is 16.1. The number of ether oxygens (including phenoxy) is 2. The molecule has 5 nitrogen and oxygen atoms in total. The van der Waals surface area contributed by atoms with E-state index in [4.69, 9.17) is 9.47 Å². The molecule has 0 fully saturated rings. The molecule has 0 radical (unpaired) electrons. The van der Waals surface area contributed by atoms with Crippen LogP contribution in [0.1, 0.15) is 5.56 Å². The minimum Gasteiger partial charge on any atom is -0.493 e. The third-order valence-electron chi connectivity index (χ3n) is 3.26. The first-order valence-electron chi connectivity index (χ1n) is 7.35. The molecule has 0 aliphatic rings. The van der Waals surface area contributed by atoms with Crippen LogP contribution in [-0.2, 0) is 11.2 Å². The van der Waals surface area contributed by atoms with Crippen LogP contribution in [0.5, 0.6) is 11.5 Å². The zero-order valence-corrected chi connectivity index (χ0v) is 15.9. The first-order valence-corrected chi connectivity index (χ1v) is 9.13. The van der Waals surface area contributed by atoms with Crippen LogP contribution < -0.4 is 14.8 Å². The number of halogens is 1. The maximum atomic E-state index is 11.9. The highest BCUT2D eigenvalue weighted by Gasteiger charge is 2.10. The van der Waals surface area contributed by atoms with E-state index >= 15 is 0 Å². The summed E-state index contributed by atoms with van der Waals surface area (Å²) in [6.45, 7) is 0.551. The van der Waals surface area contributed by atoms with E-state index < -0.39 is 0 Å². The summed E-state index contributed by atoms with van der Waals surface area (Å²) in [6.07, 6.45) is 2.41. The Balaban J connectivity index is 1.82. The number of rotatable bonds is 8. The van der Waals surface area contributed by atoms with Crippen molar-refractivity contribution in [1.82, 2.24) is 10.3 Å². The number of hydrogen-bond donors (Lipinski definition) is 1. The second-order valence-electron chi connectivity index (χ2n) is 4.86. The molecule has 0 unspecified atom stereocenters. The van der Waals surface area contributed by atoms with Gasteiger partial charge in [-0.2, -0.15) is 0 Å². The smallest absolute Gasteiger partial charge is 0.230 e. The molecule has 2 aromatic rings. The van der Waals surface area contributed by atoms with Crippen molar-refractivity contribution >= 4 is 33.6 Å². The van der Waals surface area contributed by atoms with Crippen molar-refractivity contribution in [3.63, 3.8) is 0 Å². The molecule has 1 amide bonds. The van der Waals surface area contributed by atoms with E-state index in [2.05, 4.69) is 26.2 Å². The quantitative estimate of drug-likeness (QED) is 0.676. The number of nitrogens with one attached hydrogen (secondary N) is 1. The number of carbonyl (C=O) groups is 1. The van der Waals surface area contributed by atoms with E-state index in [0.717, 1.165) is 15.1 Å². The summed E-state index contributed by atoms with van der Waals surface area (Å²) < 4.78 is 11.5. The summed E-state index contributed by atoms with van der Waals surface area (Å²) >= 11 is 4.94. The molecule has 24 heavy (non-hydrogen) atoms. The van der Waals surface area contributed by atoms with E-state index in [-0.39, 0.29) is 5.91 Å². The van der Waals surface area contributed by atoms with E-state index in [9.17, 15) is 4.79 Å². The minimum absolute atomic E-state index is 0.0118. The van der Waals surface area contributed by atoms with E-state index in [1.54, 1.807) is 20.4 Å². The summed E-state index contributed by atoms with van der Waals surface area (Å²) in [7, 11) is 3.20. The van der Waals surface area contributed by atoms with Gasteiger partial charge in [-0.25, -0.2) is 4.98 Å². The fraction of sp³-hybridized carbons (Fsp3) is 0.294. The van der Waals surface area contributed by atoms with Crippen molar-refractivity contribution in [2.75, 3.05) is 26.5 Å². The SMILES string of the molecule is COc1cc(Br)c(CCNC(=O)CSc2ccccn2)cc1OC. The van der Waals surface area contributed by atoms with Gasteiger partial charge in [0.15, 0.2) is 11.5 Å². The molecule has 128 valence electrons. The molecule has 0 saturated heterocycles. The van der Waals surface area contributed by atoms with Crippen LogP contribution in [0, 0.1) is 0 Å². The second-order valence-corrected chi connectivity index (χ2v) is 6.71. The van der Waals surface area contributed by atoms with E-state index in [0.29, 0.717) is 30.2 Å². The molecule has 0 bridgehead atoms. The summed E-state index contributed by atoms with van der Waals surface area (Å²) in [6, 6.07) is 9.43. The molecule has 1 aromatic carbocycles. The highest BCUT2D eigenvalue weighted by Crippen LogP contribution is 2.33. The molecule has 0 saturated carbocycles. The molecule has 2 rings (SSSR count). The standard InChI is InChI=1S/C17H19BrN2O3S/c1-22-14-9-12(13(18)10-15(14)23-2)6-8-19-16(21)11-24-17-5-3-4-7-20-17/h3-5,7,9-10H,6,8,11H2,1-2H3,(H,19,21). The van der Waals surface area contributed by atoms with Gasteiger partial charge in [-0.1, -0.05) is 33.8 Å². The number of aromatic nitrogens is 1. The van der Waals surface area contributed by atoms with Gasteiger partial charge >= 0.3 is 0 Å². The highest BCUT2D eigenvalue weighted by molar-refractivity contribution is 9.10. The van der Waals surface area contributed by atoms with Crippen LogP contribution in [-0.4, -0.2) is 37.4 Å². The van der Waals surface area contributed by atoms with Gasteiger partial charge in [-0.05, 0) is 36.2 Å². The van der Waals surface area contributed by atoms with E-state index in [1.165, 1.54) is 11.8 Å². The Bertz CT molecular complexity index is 683. The fourth-order valence-electron chi connectivity index (χ4n) is 2.05. The van der Waals surface area contributed by atoms with Gasteiger partial charge in [0.1, 0.15) is 0 Å². The third kappa shape index (κ3) is 5.42. The highest BCUT2D eigenvalue weighted by atomic mass is 79.9. The molecule has 7 heteroatoms. The molecule has 1 N–H and O–H groups in total. The van der Waals surface area contributed by atoms with Crippen LogP contribution in [0.2, 0.25) is 0 Å². The Morgan fingerprint density at radius 2 is 2.00 bits per heavy atom. The predicted molar refractivity (Wildman–Crippen MR) is 98.9 cm³/mol. The molecule has 0 aliphatic heterocycles. The number of amides is 1. The van der Waals surface area contributed by atoms with Crippen LogP contribution in [0.15, 0.2) is 46.0 Å². The minimum atomic E-state index is -0.0118. The third-order valence-corrected chi connectivity index (χ3v) is 4.94. The zero-order valence-electron chi connectivity index (χ0n) is 13.5. The summed E-state index contributed by atoms with van der Waals surface area (Å²) in [5, 5.41) is 3.76. The first-order chi connectivity index (χ1) is 11.6. The van der Waals surface area contributed by atoms with Gasteiger partial charge in [0.25, 0.3) is 0 Å². The van der Waals surface area contributed by atoms with Crippen molar-refractivity contribution < 1.29 is 14.3 Å². The normalized spacial score (nSPS) is 10.3. The number of benzene rings is 1. The molecule has 0 atom stereocenters. The molecule has 1 aromatic heterocycles. The monoisotopic (exact) mass is 410 g/mol. The Morgan fingerprint density at radius 1 is 1.25 bits per heavy atom. The Morgan fingerprint density at radius 3 is 2.67 bits per heavy atom. The van der Waals surface area contributed by atoms with Crippen molar-refractivity contribution in [2.45, 2.75) is 11.4 Å². The molecule has 1 heterocycles. The molecule has 0 spiro atoms. The van der Waals surface area contributed by atoms with Crippen LogP contribution >= 0.6 is 27.7 Å². The number of carbonyl (C=O) groups excluding carboxylic acids is 1. The van der Waals surface area contributed by atoms with Gasteiger partial charge in [0, 0.05) is 17.2 Å². The Labute approximate surface area is 154 Å².